The predicted octanol–water partition coefficient (Wildman–Crippen LogP) is 1.87. The topological polar surface area (TPSA) is 84.5 Å². The zero-order chi connectivity index (χ0) is 20.5. The molecule has 0 bridgehead atoms. The number of amides is 2. The fourth-order valence-electron chi connectivity index (χ4n) is 2.36. The van der Waals surface area contributed by atoms with Gasteiger partial charge in [0.2, 0.25) is 11.8 Å². The molecule has 0 heterocycles. The highest BCUT2D eigenvalue weighted by Crippen LogP contribution is 2.08. The molecule has 0 saturated carbocycles. The largest absolute Gasteiger partial charge is 0.460 e. The molecular formula is C20H20F2N2O4. The standard InChI is InChI=1S/C20H20F2N2O4/c1-13(24-18(25)9-15-7-16(21)10-17(22)8-15)20(27)23-11-19(26)28-12-14-5-3-2-4-6-14/h2-8,10,13H,9,11-12H2,1H3,(H,23,27)(H,24,25). The molecule has 0 aromatic heterocycles. The Hall–Kier alpha value is -3.29. The average Bonchev–Trinajstić information content (AvgIpc) is 2.64. The van der Waals surface area contributed by atoms with Gasteiger partial charge in [-0.2, -0.15) is 0 Å². The first kappa shape index (κ1) is 21.0. The second-order valence-electron chi connectivity index (χ2n) is 6.11. The summed E-state index contributed by atoms with van der Waals surface area (Å²) in [6, 6.07) is 10.9. The minimum absolute atomic E-state index is 0.0893. The lowest BCUT2D eigenvalue weighted by molar-refractivity contribution is -0.145. The zero-order valence-electron chi connectivity index (χ0n) is 15.2. The van der Waals surface area contributed by atoms with Crippen molar-refractivity contribution in [2.75, 3.05) is 6.54 Å². The Bertz CT molecular complexity index is 823. The van der Waals surface area contributed by atoms with Crippen LogP contribution in [0.5, 0.6) is 0 Å². The number of carbonyl (C=O) groups is 3. The van der Waals surface area contributed by atoms with Gasteiger partial charge < -0.3 is 15.4 Å². The van der Waals surface area contributed by atoms with Crippen LogP contribution in [0, 0.1) is 11.6 Å². The summed E-state index contributed by atoms with van der Waals surface area (Å²) < 4.78 is 31.3. The van der Waals surface area contributed by atoms with Gasteiger partial charge in [-0.15, -0.1) is 0 Å². The van der Waals surface area contributed by atoms with Gasteiger partial charge in [-0.25, -0.2) is 8.78 Å². The third-order valence-corrected chi connectivity index (χ3v) is 3.71. The van der Waals surface area contributed by atoms with Crippen molar-refractivity contribution < 1.29 is 27.9 Å². The monoisotopic (exact) mass is 390 g/mol. The average molecular weight is 390 g/mol. The molecule has 1 unspecified atom stereocenters. The Morgan fingerprint density at radius 1 is 1.00 bits per heavy atom. The van der Waals surface area contributed by atoms with Gasteiger partial charge in [0.05, 0.1) is 6.42 Å². The van der Waals surface area contributed by atoms with Gasteiger partial charge in [-0.1, -0.05) is 30.3 Å². The van der Waals surface area contributed by atoms with Crippen LogP contribution in [0.2, 0.25) is 0 Å². The van der Waals surface area contributed by atoms with Crippen molar-refractivity contribution in [3.05, 3.63) is 71.3 Å². The molecule has 1 atom stereocenters. The summed E-state index contributed by atoms with van der Waals surface area (Å²) in [6.07, 6.45) is -0.286. The van der Waals surface area contributed by atoms with Gasteiger partial charge in [-0.3, -0.25) is 14.4 Å². The van der Waals surface area contributed by atoms with E-state index in [-0.39, 0.29) is 25.1 Å². The number of carbonyl (C=O) groups excluding carboxylic acids is 3. The van der Waals surface area contributed by atoms with Gasteiger partial charge >= 0.3 is 5.97 Å². The summed E-state index contributed by atoms with van der Waals surface area (Å²) in [4.78, 5) is 35.6. The molecule has 2 amide bonds. The first-order valence-corrected chi connectivity index (χ1v) is 8.55. The molecule has 2 aromatic carbocycles. The first-order valence-electron chi connectivity index (χ1n) is 8.55. The second kappa shape index (κ2) is 10.1. The molecule has 2 aromatic rings. The van der Waals surface area contributed by atoms with Crippen LogP contribution in [-0.4, -0.2) is 30.4 Å². The van der Waals surface area contributed by atoms with Crippen LogP contribution in [-0.2, 0) is 32.1 Å². The van der Waals surface area contributed by atoms with Crippen LogP contribution in [0.25, 0.3) is 0 Å². The molecule has 0 radical (unpaired) electrons. The maximum atomic E-state index is 13.1. The van der Waals surface area contributed by atoms with Crippen LogP contribution >= 0.6 is 0 Å². The van der Waals surface area contributed by atoms with E-state index in [1.807, 2.05) is 18.2 Å². The Morgan fingerprint density at radius 3 is 2.29 bits per heavy atom. The van der Waals surface area contributed by atoms with Crippen molar-refractivity contribution in [1.29, 1.82) is 0 Å². The quantitative estimate of drug-likeness (QED) is 0.674. The molecule has 0 aliphatic rings. The third-order valence-electron chi connectivity index (χ3n) is 3.71. The highest BCUT2D eigenvalue weighted by atomic mass is 19.1. The lowest BCUT2D eigenvalue weighted by atomic mass is 10.1. The molecule has 6 nitrogen and oxygen atoms in total. The second-order valence-corrected chi connectivity index (χ2v) is 6.11. The summed E-state index contributed by atoms with van der Waals surface area (Å²) in [5.41, 5.74) is 0.962. The highest BCUT2D eigenvalue weighted by Gasteiger charge is 2.17. The Morgan fingerprint density at radius 2 is 1.64 bits per heavy atom. The van der Waals surface area contributed by atoms with E-state index in [0.717, 1.165) is 17.7 Å². The molecule has 0 fully saturated rings. The molecule has 2 rings (SSSR count). The summed E-state index contributed by atoms with van der Waals surface area (Å²) in [5, 5.41) is 4.76. The van der Waals surface area contributed by atoms with Gasteiger partial charge in [0.1, 0.15) is 30.8 Å². The molecule has 148 valence electrons. The molecule has 8 heteroatoms. The highest BCUT2D eigenvalue weighted by molar-refractivity contribution is 5.89. The molecule has 28 heavy (non-hydrogen) atoms. The minimum Gasteiger partial charge on any atom is -0.460 e. The van der Waals surface area contributed by atoms with Crippen molar-refractivity contribution in [1.82, 2.24) is 10.6 Å². The number of esters is 1. The molecule has 0 spiro atoms. The zero-order valence-corrected chi connectivity index (χ0v) is 15.2. The van der Waals surface area contributed by atoms with Crippen molar-refractivity contribution in [3.8, 4) is 0 Å². The van der Waals surface area contributed by atoms with E-state index in [0.29, 0.717) is 6.07 Å². The number of rotatable bonds is 8. The Kier molecular flexibility index (Phi) is 7.62. The summed E-state index contributed by atoms with van der Waals surface area (Å²) in [7, 11) is 0. The normalized spacial score (nSPS) is 11.4. The summed E-state index contributed by atoms with van der Waals surface area (Å²) in [6.45, 7) is 1.17. The smallest absolute Gasteiger partial charge is 0.325 e. The number of ether oxygens (including phenoxy) is 1. The number of benzene rings is 2. The van der Waals surface area contributed by atoms with E-state index in [1.54, 1.807) is 12.1 Å². The summed E-state index contributed by atoms with van der Waals surface area (Å²) >= 11 is 0. The molecular weight excluding hydrogens is 370 g/mol. The van der Waals surface area contributed by atoms with Crippen LogP contribution in [0.3, 0.4) is 0 Å². The van der Waals surface area contributed by atoms with Crippen molar-refractivity contribution in [3.63, 3.8) is 0 Å². The number of halogens is 2. The first-order chi connectivity index (χ1) is 13.3. The minimum atomic E-state index is -0.937. The fraction of sp³-hybridized carbons (Fsp3) is 0.250. The summed E-state index contributed by atoms with van der Waals surface area (Å²) in [5.74, 6) is -3.37. The lowest BCUT2D eigenvalue weighted by Crippen LogP contribution is -2.46. The number of nitrogens with one attached hydrogen (secondary N) is 2. The van der Waals surface area contributed by atoms with E-state index < -0.39 is 35.5 Å². The Labute approximate surface area is 160 Å². The van der Waals surface area contributed by atoms with Gasteiger partial charge in [0, 0.05) is 6.07 Å². The van der Waals surface area contributed by atoms with Crippen molar-refractivity contribution in [2.24, 2.45) is 0 Å². The number of hydrogen-bond acceptors (Lipinski definition) is 4. The van der Waals surface area contributed by atoms with E-state index in [1.165, 1.54) is 6.92 Å². The van der Waals surface area contributed by atoms with Gasteiger partial charge in [-0.05, 0) is 30.2 Å². The molecule has 0 aliphatic carbocycles. The number of hydrogen-bond donors (Lipinski definition) is 2. The molecule has 2 N–H and O–H groups in total. The maximum Gasteiger partial charge on any atom is 0.325 e. The van der Waals surface area contributed by atoms with Crippen LogP contribution in [0.15, 0.2) is 48.5 Å². The molecule has 0 aliphatic heterocycles. The van der Waals surface area contributed by atoms with E-state index in [9.17, 15) is 23.2 Å². The van der Waals surface area contributed by atoms with Crippen molar-refractivity contribution >= 4 is 17.8 Å². The van der Waals surface area contributed by atoms with Gasteiger partial charge in [0.25, 0.3) is 0 Å². The Balaban J connectivity index is 1.72. The van der Waals surface area contributed by atoms with Crippen molar-refractivity contribution in [2.45, 2.75) is 26.0 Å². The van der Waals surface area contributed by atoms with Crippen LogP contribution in [0.1, 0.15) is 18.1 Å². The predicted molar refractivity (Wildman–Crippen MR) is 96.9 cm³/mol. The van der Waals surface area contributed by atoms with E-state index in [4.69, 9.17) is 4.74 Å². The van der Waals surface area contributed by atoms with Crippen LogP contribution in [0.4, 0.5) is 8.78 Å². The van der Waals surface area contributed by atoms with E-state index in [2.05, 4.69) is 10.6 Å². The fourth-order valence-corrected chi connectivity index (χ4v) is 2.36. The third kappa shape index (κ3) is 7.14. The molecule has 0 saturated heterocycles. The maximum absolute atomic E-state index is 13.1. The van der Waals surface area contributed by atoms with E-state index >= 15 is 0 Å². The lowest BCUT2D eigenvalue weighted by Gasteiger charge is -2.14. The SMILES string of the molecule is CC(NC(=O)Cc1cc(F)cc(F)c1)C(=O)NCC(=O)OCc1ccccc1. The van der Waals surface area contributed by atoms with Crippen LogP contribution < -0.4 is 10.6 Å². The van der Waals surface area contributed by atoms with Gasteiger partial charge in [0.15, 0.2) is 0 Å².